The summed E-state index contributed by atoms with van der Waals surface area (Å²) in [6.45, 7) is 0. The number of nitrogens with zero attached hydrogens (tertiary/aromatic N) is 3. The van der Waals surface area contributed by atoms with E-state index in [2.05, 4.69) is 188 Å². The van der Waals surface area contributed by atoms with Gasteiger partial charge in [0.1, 0.15) is 0 Å². The molecule has 0 fully saturated rings. The summed E-state index contributed by atoms with van der Waals surface area (Å²) in [5.41, 5.74) is 16.1. The van der Waals surface area contributed by atoms with Gasteiger partial charge in [0.2, 0.25) is 0 Å². The fraction of sp³-hybridized carbons (Fsp3) is 0. The molecule has 0 spiro atoms. The van der Waals surface area contributed by atoms with Crippen LogP contribution in [0.15, 0.2) is 237 Å². The number of fused-ring (bicyclic) bond motifs is 2. The minimum atomic E-state index is 0.716. The molecule has 3 nitrogen and oxygen atoms in total. The summed E-state index contributed by atoms with van der Waals surface area (Å²) in [7, 11) is 0. The van der Waals surface area contributed by atoms with Crippen LogP contribution in [0.2, 0.25) is 0 Å². The predicted molar refractivity (Wildman–Crippen MR) is 258 cm³/mol. The highest BCUT2D eigenvalue weighted by atomic mass is 14.9. The van der Waals surface area contributed by atoms with Crippen molar-refractivity contribution in [1.29, 1.82) is 0 Å². The molecule has 0 radical (unpaired) electrons. The van der Waals surface area contributed by atoms with E-state index in [1.54, 1.807) is 0 Å². The Balaban J connectivity index is 0.889. The summed E-state index contributed by atoms with van der Waals surface area (Å²) < 4.78 is 0. The van der Waals surface area contributed by atoms with Crippen molar-refractivity contribution < 1.29 is 0 Å². The van der Waals surface area contributed by atoms with Crippen LogP contribution in [0, 0.1) is 0 Å². The molecule has 0 bridgehead atoms. The maximum Gasteiger partial charge on any atom is 0.160 e. The molecule has 9 aromatic carbocycles. The smallest absolute Gasteiger partial charge is 0.160 e. The molecule has 0 saturated heterocycles. The average molecular weight is 790 g/mol. The first-order valence-corrected chi connectivity index (χ1v) is 21.0. The van der Waals surface area contributed by atoms with Gasteiger partial charge in [-0.25, -0.2) is 15.0 Å². The molecular formula is C59H39N3. The minimum Gasteiger partial charge on any atom is -0.248 e. The van der Waals surface area contributed by atoms with E-state index in [9.17, 15) is 0 Å². The van der Waals surface area contributed by atoms with E-state index in [1.165, 1.54) is 44.0 Å². The third-order valence-electron chi connectivity index (χ3n) is 11.6. The zero-order chi connectivity index (χ0) is 41.2. The van der Waals surface area contributed by atoms with Gasteiger partial charge in [0.15, 0.2) is 5.82 Å². The van der Waals surface area contributed by atoms with Crippen LogP contribution in [-0.4, -0.2) is 15.0 Å². The topological polar surface area (TPSA) is 38.7 Å². The lowest BCUT2D eigenvalue weighted by atomic mass is 9.94. The Morgan fingerprint density at radius 1 is 0.177 bits per heavy atom. The highest BCUT2D eigenvalue weighted by Crippen LogP contribution is 2.36. The van der Waals surface area contributed by atoms with Crippen LogP contribution in [-0.2, 0) is 0 Å². The fourth-order valence-corrected chi connectivity index (χ4v) is 8.35. The number of rotatable bonds is 8. The molecule has 0 aliphatic heterocycles. The van der Waals surface area contributed by atoms with E-state index in [0.717, 1.165) is 61.5 Å². The van der Waals surface area contributed by atoms with Crippen molar-refractivity contribution in [3.05, 3.63) is 237 Å². The molecule has 0 N–H and O–H groups in total. The molecule has 0 amide bonds. The van der Waals surface area contributed by atoms with Crippen LogP contribution >= 0.6 is 0 Å². The lowest BCUT2D eigenvalue weighted by Gasteiger charge is -2.12. The normalized spacial score (nSPS) is 11.2. The summed E-state index contributed by atoms with van der Waals surface area (Å²) >= 11 is 0. The van der Waals surface area contributed by atoms with Gasteiger partial charge < -0.3 is 0 Å². The zero-order valence-electron chi connectivity index (χ0n) is 33.9. The Morgan fingerprint density at radius 2 is 0.500 bits per heavy atom. The Morgan fingerprint density at radius 3 is 0.952 bits per heavy atom. The molecule has 0 aliphatic rings. The van der Waals surface area contributed by atoms with Gasteiger partial charge in [-0.15, -0.1) is 0 Å². The number of benzene rings is 9. The lowest BCUT2D eigenvalue weighted by molar-refractivity contribution is 1.18. The second kappa shape index (κ2) is 16.1. The molecule has 2 heterocycles. The summed E-state index contributed by atoms with van der Waals surface area (Å²) in [6.07, 6.45) is 0. The van der Waals surface area contributed by atoms with E-state index < -0.39 is 0 Å². The summed E-state index contributed by atoms with van der Waals surface area (Å²) in [6, 6.07) is 83.7. The molecular weight excluding hydrogens is 751 g/mol. The number of aromatic nitrogens is 3. The number of hydrogen-bond donors (Lipinski definition) is 0. The van der Waals surface area contributed by atoms with Crippen molar-refractivity contribution in [1.82, 2.24) is 15.0 Å². The monoisotopic (exact) mass is 789 g/mol. The third kappa shape index (κ3) is 7.44. The van der Waals surface area contributed by atoms with Gasteiger partial charge in [-0.2, -0.15) is 0 Å². The first kappa shape index (κ1) is 36.8. The number of pyridine rings is 1. The SMILES string of the molecule is c1ccc(-c2cc(-c3ccc4cc(-c5cccc(-c6ccc7cc(-c8cc(-c9ccccc9)nc(-c9ccccc9)n8)ccc7c6)c5)ccc4c3)cc(-c3ccccc3)n2)cc1. The molecule has 62 heavy (non-hydrogen) atoms. The van der Waals surface area contributed by atoms with Gasteiger partial charge in [-0.1, -0.05) is 188 Å². The van der Waals surface area contributed by atoms with E-state index in [0.29, 0.717) is 5.82 Å². The van der Waals surface area contributed by atoms with Crippen molar-refractivity contribution in [2.24, 2.45) is 0 Å². The molecule has 0 unspecified atom stereocenters. The summed E-state index contributed by atoms with van der Waals surface area (Å²) in [5, 5.41) is 4.75. The van der Waals surface area contributed by atoms with E-state index in [1.807, 2.05) is 48.5 Å². The predicted octanol–water partition coefficient (Wildman–Crippen LogP) is 15.5. The first-order valence-electron chi connectivity index (χ1n) is 21.0. The van der Waals surface area contributed by atoms with Crippen molar-refractivity contribution in [3.8, 4) is 89.8 Å². The molecule has 0 saturated carbocycles. The Labute approximate surface area is 361 Å². The van der Waals surface area contributed by atoms with Crippen molar-refractivity contribution >= 4 is 21.5 Å². The zero-order valence-corrected chi connectivity index (χ0v) is 33.9. The molecule has 11 rings (SSSR count). The van der Waals surface area contributed by atoms with Gasteiger partial charge >= 0.3 is 0 Å². The van der Waals surface area contributed by atoms with E-state index in [-0.39, 0.29) is 0 Å². The van der Waals surface area contributed by atoms with Crippen LogP contribution in [0.4, 0.5) is 0 Å². The molecule has 0 aliphatic carbocycles. The van der Waals surface area contributed by atoms with Crippen LogP contribution in [0.25, 0.3) is 111 Å². The van der Waals surface area contributed by atoms with Crippen molar-refractivity contribution in [3.63, 3.8) is 0 Å². The lowest BCUT2D eigenvalue weighted by Crippen LogP contribution is -1.95. The van der Waals surface area contributed by atoms with Crippen molar-refractivity contribution in [2.75, 3.05) is 0 Å². The maximum atomic E-state index is 5.08. The highest BCUT2D eigenvalue weighted by Gasteiger charge is 2.13. The molecule has 290 valence electrons. The molecule has 3 heteroatoms. The fourth-order valence-electron chi connectivity index (χ4n) is 8.35. The number of hydrogen-bond acceptors (Lipinski definition) is 3. The molecule has 2 aromatic heterocycles. The second-order valence-electron chi connectivity index (χ2n) is 15.7. The third-order valence-corrected chi connectivity index (χ3v) is 11.6. The van der Waals surface area contributed by atoms with Crippen LogP contribution in [0.1, 0.15) is 0 Å². The minimum absolute atomic E-state index is 0.716. The average Bonchev–Trinajstić information content (AvgIpc) is 3.36. The summed E-state index contributed by atoms with van der Waals surface area (Å²) in [4.78, 5) is 15.1. The maximum absolute atomic E-state index is 5.08. The first-order chi connectivity index (χ1) is 30.7. The second-order valence-corrected chi connectivity index (χ2v) is 15.7. The Kier molecular flexibility index (Phi) is 9.53. The highest BCUT2D eigenvalue weighted by molar-refractivity contribution is 5.94. The van der Waals surface area contributed by atoms with Crippen LogP contribution in [0.3, 0.4) is 0 Å². The Hall–Kier alpha value is -8.27. The van der Waals surface area contributed by atoms with E-state index >= 15 is 0 Å². The largest absolute Gasteiger partial charge is 0.248 e. The molecule has 11 aromatic rings. The van der Waals surface area contributed by atoms with E-state index in [4.69, 9.17) is 15.0 Å². The standard InChI is InChI=1S/C59H39N3/c1-5-14-40(15-6-1)55-37-54(38-56(60-55)41-16-7-2-8-17-41)52-29-28-48-33-46(24-26-49(48)35-52)44-22-13-23-45(32-44)47-25-27-51-36-53(31-30-50(51)34-47)58-39-57(42-18-9-3-10-19-42)61-59(62-58)43-20-11-4-12-21-43/h1-39H. The Bertz CT molecular complexity index is 3040. The van der Waals surface area contributed by atoms with Gasteiger partial charge in [0.25, 0.3) is 0 Å². The van der Waals surface area contributed by atoms with Crippen LogP contribution in [0.5, 0.6) is 0 Å². The molecule has 0 atom stereocenters. The summed E-state index contributed by atoms with van der Waals surface area (Å²) in [5.74, 6) is 0.716. The van der Waals surface area contributed by atoms with Crippen molar-refractivity contribution in [2.45, 2.75) is 0 Å². The quantitative estimate of drug-likeness (QED) is 0.154. The van der Waals surface area contributed by atoms with Gasteiger partial charge in [-0.05, 0) is 103 Å². The van der Waals surface area contributed by atoms with Crippen LogP contribution < -0.4 is 0 Å². The van der Waals surface area contributed by atoms with Gasteiger partial charge in [0, 0.05) is 27.8 Å². The van der Waals surface area contributed by atoms with Gasteiger partial charge in [0.05, 0.1) is 22.8 Å². The van der Waals surface area contributed by atoms with Gasteiger partial charge in [-0.3, -0.25) is 0 Å².